The Balaban J connectivity index is 2.03. The van der Waals surface area contributed by atoms with Crippen molar-refractivity contribution in [3.05, 3.63) is 59.7 Å². The van der Waals surface area contributed by atoms with Crippen LogP contribution < -0.4 is 10.6 Å². The molecular formula is C18H19N3. The van der Waals surface area contributed by atoms with Crippen molar-refractivity contribution in [2.24, 2.45) is 0 Å². The Bertz CT molecular complexity index is 658. The van der Waals surface area contributed by atoms with Crippen LogP contribution in [-0.2, 0) is 6.42 Å². The Morgan fingerprint density at radius 1 is 1.14 bits per heavy atom. The molecule has 0 aliphatic carbocycles. The lowest BCUT2D eigenvalue weighted by Crippen LogP contribution is -2.33. The average molecular weight is 277 g/mol. The molecule has 1 aliphatic heterocycles. The number of nitrogens with two attached hydrogens (primary N) is 1. The highest BCUT2D eigenvalue weighted by Gasteiger charge is 2.26. The fourth-order valence-corrected chi connectivity index (χ4v) is 3.17. The van der Waals surface area contributed by atoms with Crippen LogP contribution in [0.3, 0.4) is 0 Å². The van der Waals surface area contributed by atoms with Crippen LogP contribution in [-0.4, -0.2) is 6.54 Å². The normalized spacial score (nSPS) is 15.1. The summed E-state index contributed by atoms with van der Waals surface area (Å²) in [6.45, 7) is 0.970. The molecule has 0 saturated heterocycles. The molecule has 106 valence electrons. The number of anilines is 2. The van der Waals surface area contributed by atoms with Crippen molar-refractivity contribution in [2.45, 2.75) is 25.3 Å². The Labute approximate surface area is 125 Å². The van der Waals surface area contributed by atoms with E-state index in [-0.39, 0.29) is 6.04 Å². The van der Waals surface area contributed by atoms with Crippen LogP contribution in [0, 0.1) is 11.3 Å². The molecule has 0 spiro atoms. The van der Waals surface area contributed by atoms with E-state index in [4.69, 9.17) is 5.73 Å². The van der Waals surface area contributed by atoms with Gasteiger partial charge in [0.15, 0.2) is 0 Å². The second kappa shape index (κ2) is 5.88. The van der Waals surface area contributed by atoms with Gasteiger partial charge in [0.2, 0.25) is 0 Å². The van der Waals surface area contributed by atoms with E-state index >= 15 is 0 Å². The van der Waals surface area contributed by atoms with Crippen LogP contribution in [0.15, 0.2) is 48.5 Å². The van der Waals surface area contributed by atoms with E-state index in [2.05, 4.69) is 29.2 Å². The second-order valence-corrected chi connectivity index (χ2v) is 5.43. The Morgan fingerprint density at radius 3 is 2.71 bits per heavy atom. The molecule has 0 bridgehead atoms. The summed E-state index contributed by atoms with van der Waals surface area (Å²) in [6, 6.07) is 18.8. The fourth-order valence-electron chi connectivity index (χ4n) is 3.17. The summed E-state index contributed by atoms with van der Waals surface area (Å²) < 4.78 is 0. The molecule has 0 saturated carbocycles. The maximum Gasteiger partial charge on any atom is 0.0672 e. The zero-order valence-electron chi connectivity index (χ0n) is 12.0. The quantitative estimate of drug-likeness (QED) is 0.871. The molecule has 0 radical (unpaired) electrons. The van der Waals surface area contributed by atoms with Gasteiger partial charge >= 0.3 is 0 Å². The highest BCUT2D eigenvalue weighted by Crippen LogP contribution is 2.37. The van der Waals surface area contributed by atoms with Gasteiger partial charge in [-0.05, 0) is 36.1 Å². The summed E-state index contributed by atoms with van der Waals surface area (Å²) in [5.41, 5.74) is 10.6. The highest BCUT2D eigenvalue weighted by molar-refractivity contribution is 5.67. The van der Waals surface area contributed by atoms with Crippen LogP contribution in [0.5, 0.6) is 0 Å². The molecule has 1 atom stereocenters. The zero-order valence-corrected chi connectivity index (χ0v) is 12.0. The van der Waals surface area contributed by atoms with Crippen LogP contribution in [0.1, 0.15) is 30.0 Å². The maximum atomic E-state index is 9.23. The summed E-state index contributed by atoms with van der Waals surface area (Å²) in [7, 11) is 0. The molecule has 2 N–H and O–H groups in total. The van der Waals surface area contributed by atoms with Crippen LogP contribution in [0.4, 0.5) is 11.4 Å². The van der Waals surface area contributed by atoms with Crippen LogP contribution >= 0.6 is 0 Å². The monoisotopic (exact) mass is 277 g/mol. The maximum absolute atomic E-state index is 9.23. The van der Waals surface area contributed by atoms with Crippen molar-refractivity contribution in [2.75, 3.05) is 17.2 Å². The Kier molecular flexibility index (Phi) is 3.79. The number of fused-ring (bicyclic) bond motifs is 1. The van der Waals surface area contributed by atoms with Gasteiger partial charge in [-0.1, -0.05) is 36.4 Å². The fraction of sp³-hybridized carbons (Fsp3) is 0.278. The summed E-state index contributed by atoms with van der Waals surface area (Å²) in [5, 5.41) is 9.23. The topological polar surface area (TPSA) is 53.0 Å². The molecule has 2 aromatic rings. The SMILES string of the molecule is N#CCC(c1ccccc1)N1CCCc2c(N)cccc21. The largest absolute Gasteiger partial charge is 0.398 e. The third-order valence-corrected chi connectivity index (χ3v) is 4.17. The third-order valence-electron chi connectivity index (χ3n) is 4.17. The number of nitrogens with zero attached hydrogens (tertiary/aromatic N) is 2. The molecule has 1 unspecified atom stereocenters. The minimum absolute atomic E-state index is 0.0945. The summed E-state index contributed by atoms with van der Waals surface area (Å²) in [6.07, 6.45) is 2.58. The molecule has 3 heteroatoms. The summed E-state index contributed by atoms with van der Waals surface area (Å²) in [5.74, 6) is 0. The van der Waals surface area contributed by atoms with Crippen LogP contribution in [0.25, 0.3) is 0 Å². The van der Waals surface area contributed by atoms with Gasteiger partial charge in [-0.3, -0.25) is 0 Å². The van der Waals surface area contributed by atoms with Gasteiger partial charge in [-0.25, -0.2) is 0 Å². The first kappa shape index (κ1) is 13.5. The average Bonchev–Trinajstić information content (AvgIpc) is 2.54. The minimum Gasteiger partial charge on any atom is -0.398 e. The van der Waals surface area contributed by atoms with Crippen molar-refractivity contribution in [3.63, 3.8) is 0 Å². The van der Waals surface area contributed by atoms with Crippen LogP contribution in [0.2, 0.25) is 0 Å². The molecule has 0 fully saturated rings. The number of nitriles is 1. The summed E-state index contributed by atoms with van der Waals surface area (Å²) >= 11 is 0. The van der Waals surface area contributed by atoms with Crippen molar-refractivity contribution >= 4 is 11.4 Å². The Morgan fingerprint density at radius 2 is 1.95 bits per heavy atom. The molecule has 0 aromatic heterocycles. The van der Waals surface area contributed by atoms with Crippen molar-refractivity contribution < 1.29 is 0 Å². The zero-order chi connectivity index (χ0) is 14.7. The lowest BCUT2D eigenvalue weighted by Gasteiger charge is -2.37. The standard InChI is InChI=1S/C18H19N3/c19-12-11-17(14-6-2-1-3-7-14)21-13-5-8-15-16(20)9-4-10-18(15)21/h1-4,6-7,9-10,17H,5,8,11,13,20H2. The van der Waals surface area contributed by atoms with Gasteiger partial charge in [0.05, 0.1) is 18.5 Å². The summed E-state index contributed by atoms with van der Waals surface area (Å²) in [4.78, 5) is 2.34. The molecule has 3 rings (SSSR count). The van der Waals surface area contributed by atoms with Gasteiger partial charge < -0.3 is 10.6 Å². The molecule has 0 amide bonds. The van der Waals surface area contributed by atoms with Gasteiger partial charge in [-0.2, -0.15) is 5.26 Å². The number of hydrogen-bond acceptors (Lipinski definition) is 3. The lowest BCUT2D eigenvalue weighted by atomic mass is 9.95. The van der Waals surface area contributed by atoms with Gasteiger partial charge in [0.25, 0.3) is 0 Å². The second-order valence-electron chi connectivity index (χ2n) is 5.43. The number of nitrogen functional groups attached to an aromatic ring is 1. The predicted molar refractivity (Wildman–Crippen MR) is 85.9 cm³/mol. The number of benzene rings is 2. The van der Waals surface area contributed by atoms with E-state index in [1.54, 1.807) is 0 Å². The third kappa shape index (κ3) is 2.57. The smallest absolute Gasteiger partial charge is 0.0672 e. The Hall–Kier alpha value is -2.47. The first-order chi connectivity index (χ1) is 10.3. The van der Waals surface area contributed by atoms with E-state index in [1.165, 1.54) is 16.8 Å². The molecule has 2 aromatic carbocycles. The number of hydrogen-bond donors (Lipinski definition) is 1. The van der Waals surface area contributed by atoms with E-state index < -0.39 is 0 Å². The van der Waals surface area contributed by atoms with E-state index in [1.807, 2.05) is 30.3 Å². The molecule has 1 heterocycles. The van der Waals surface area contributed by atoms with E-state index in [0.29, 0.717) is 6.42 Å². The first-order valence-electron chi connectivity index (χ1n) is 7.37. The highest BCUT2D eigenvalue weighted by atomic mass is 15.2. The minimum atomic E-state index is 0.0945. The number of rotatable bonds is 3. The van der Waals surface area contributed by atoms with Crippen molar-refractivity contribution in [1.82, 2.24) is 0 Å². The van der Waals surface area contributed by atoms with Crippen molar-refractivity contribution in [3.8, 4) is 6.07 Å². The molecule has 21 heavy (non-hydrogen) atoms. The van der Waals surface area contributed by atoms with Crippen molar-refractivity contribution in [1.29, 1.82) is 5.26 Å². The van der Waals surface area contributed by atoms with Gasteiger partial charge in [-0.15, -0.1) is 0 Å². The van der Waals surface area contributed by atoms with E-state index in [0.717, 1.165) is 25.1 Å². The van der Waals surface area contributed by atoms with Gasteiger partial charge in [0.1, 0.15) is 0 Å². The van der Waals surface area contributed by atoms with Gasteiger partial charge in [0, 0.05) is 17.9 Å². The predicted octanol–water partition coefficient (Wildman–Crippen LogP) is 3.68. The molecule has 3 nitrogen and oxygen atoms in total. The lowest BCUT2D eigenvalue weighted by molar-refractivity contribution is 0.590. The van der Waals surface area contributed by atoms with E-state index in [9.17, 15) is 5.26 Å². The molecular weight excluding hydrogens is 258 g/mol. The first-order valence-corrected chi connectivity index (χ1v) is 7.37. The molecule has 1 aliphatic rings.